The van der Waals surface area contributed by atoms with Gasteiger partial charge in [-0.05, 0) is 25.0 Å². The van der Waals surface area contributed by atoms with Crippen LogP contribution in [-0.4, -0.2) is 23.0 Å². The van der Waals surface area contributed by atoms with Gasteiger partial charge in [-0.1, -0.05) is 56.7 Å². The number of hydrogen-bond acceptors (Lipinski definition) is 6. The zero-order chi connectivity index (χ0) is 20.7. The lowest BCUT2D eigenvalue weighted by Crippen LogP contribution is -2.39. The van der Waals surface area contributed by atoms with Gasteiger partial charge in [0, 0.05) is 17.3 Å². The molecule has 0 bridgehead atoms. The standard InChI is InChI=1S/C16H17N5O2.C6H12/c17-10-16(5-6-16)21(19)9-12(18)8-20-15(22)14-7-11-3-1-2-4-13(11)23-14;1-2-4-6-5-3-1/h1-4,7,9H,5-6,8,18-19H2,(H,20,22);1-6H2/b12-9-;. The molecular formula is C22H29N5O2. The van der Waals surface area contributed by atoms with Crippen molar-refractivity contribution >= 4 is 16.9 Å². The van der Waals surface area contributed by atoms with Crippen molar-refractivity contribution in [1.82, 2.24) is 10.3 Å². The third-order valence-electron chi connectivity index (χ3n) is 5.33. The summed E-state index contributed by atoms with van der Waals surface area (Å²) < 4.78 is 5.47. The molecule has 0 atom stereocenters. The lowest BCUT2D eigenvalue weighted by Gasteiger charge is -2.19. The van der Waals surface area contributed by atoms with Crippen LogP contribution in [-0.2, 0) is 0 Å². The van der Waals surface area contributed by atoms with Crippen LogP contribution in [0.15, 0.2) is 46.6 Å². The van der Waals surface area contributed by atoms with Crippen molar-refractivity contribution < 1.29 is 9.21 Å². The summed E-state index contributed by atoms with van der Waals surface area (Å²) in [7, 11) is 0. The number of hydrazine groups is 1. The Bertz CT molecular complexity index is 859. The maximum atomic E-state index is 12.1. The van der Waals surface area contributed by atoms with Crippen LogP contribution in [0.25, 0.3) is 11.0 Å². The Balaban J connectivity index is 0.000000343. The first kappa shape index (κ1) is 20.7. The second-order valence-corrected chi connectivity index (χ2v) is 7.71. The van der Waals surface area contributed by atoms with Crippen LogP contribution in [0.5, 0.6) is 0 Å². The monoisotopic (exact) mass is 395 g/mol. The molecule has 1 aromatic carbocycles. The zero-order valence-corrected chi connectivity index (χ0v) is 16.7. The molecule has 2 aliphatic carbocycles. The van der Waals surface area contributed by atoms with Gasteiger partial charge in [-0.2, -0.15) is 5.26 Å². The molecule has 7 heteroatoms. The number of carbonyl (C=O) groups excluding carboxylic acids is 1. The Labute approximate surface area is 171 Å². The molecule has 0 aliphatic heterocycles. The fourth-order valence-corrected chi connectivity index (χ4v) is 3.32. The molecule has 2 aliphatic rings. The molecule has 1 aromatic heterocycles. The lowest BCUT2D eigenvalue weighted by atomic mass is 10.0. The van der Waals surface area contributed by atoms with Crippen molar-refractivity contribution in [3.63, 3.8) is 0 Å². The molecule has 0 unspecified atom stereocenters. The first-order chi connectivity index (χ1) is 14.0. The molecule has 1 amide bonds. The van der Waals surface area contributed by atoms with Crippen molar-refractivity contribution in [3.05, 3.63) is 48.0 Å². The number of carbonyl (C=O) groups is 1. The minimum Gasteiger partial charge on any atom is -0.451 e. The molecule has 29 heavy (non-hydrogen) atoms. The molecule has 5 N–H and O–H groups in total. The van der Waals surface area contributed by atoms with E-state index in [0.29, 0.717) is 11.3 Å². The van der Waals surface area contributed by atoms with E-state index in [1.807, 2.05) is 18.2 Å². The van der Waals surface area contributed by atoms with Crippen LogP contribution in [0, 0.1) is 11.3 Å². The van der Waals surface area contributed by atoms with Crippen molar-refractivity contribution in [2.75, 3.05) is 6.54 Å². The summed E-state index contributed by atoms with van der Waals surface area (Å²) in [5.74, 6) is 5.68. The van der Waals surface area contributed by atoms with Gasteiger partial charge in [-0.15, -0.1) is 0 Å². The Kier molecular flexibility index (Phi) is 6.78. The zero-order valence-electron chi connectivity index (χ0n) is 16.7. The van der Waals surface area contributed by atoms with E-state index in [4.69, 9.17) is 21.3 Å². The molecule has 0 spiro atoms. The van der Waals surface area contributed by atoms with E-state index < -0.39 is 5.54 Å². The second-order valence-electron chi connectivity index (χ2n) is 7.71. The average Bonchev–Trinajstić information content (AvgIpc) is 3.45. The number of fused-ring (bicyclic) bond motifs is 1. The van der Waals surface area contributed by atoms with Crippen molar-refractivity contribution in [1.29, 1.82) is 5.26 Å². The Morgan fingerprint density at radius 1 is 1.21 bits per heavy atom. The van der Waals surface area contributed by atoms with E-state index in [0.717, 1.165) is 18.2 Å². The minimum atomic E-state index is -0.645. The van der Waals surface area contributed by atoms with Gasteiger partial charge < -0.3 is 15.5 Å². The average molecular weight is 396 g/mol. The molecular weight excluding hydrogens is 366 g/mol. The first-order valence-corrected chi connectivity index (χ1v) is 10.2. The van der Waals surface area contributed by atoms with E-state index in [2.05, 4.69) is 11.4 Å². The van der Waals surface area contributed by atoms with Gasteiger partial charge in [0.2, 0.25) is 0 Å². The maximum absolute atomic E-state index is 12.1. The van der Waals surface area contributed by atoms with Gasteiger partial charge in [0.05, 0.1) is 12.6 Å². The summed E-state index contributed by atoms with van der Waals surface area (Å²) in [5, 5.41) is 13.9. The van der Waals surface area contributed by atoms with Crippen molar-refractivity contribution in [2.24, 2.45) is 11.6 Å². The summed E-state index contributed by atoms with van der Waals surface area (Å²) in [6, 6.07) is 11.2. The van der Waals surface area contributed by atoms with Crippen LogP contribution in [0.2, 0.25) is 0 Å². The minimum absolute atomic E-state index is 0.116. The summed E-state index contributed by atoms with van der Waals surface area (Å²) in [6.45, 7) is 0.116. The van der Waals surface area contributed by atoms with E-state index >= 15 is 0 Å². The summed E-state index contributed by atoms with van der Waals surface area (Å²) in [6.07, 6.45) is 11.9. The molecule has 2 aromatic rings. The third-order valence-corrected chi connectivity index (χ3v) is 5.33. The number of nitriles is 1. The molecule has 0 radical (unpaired) electrons. The molecule has 1 heterocycles. The number of nitrogens with one attached hydrogen (secondary N) is 1. The van der Waals surface area contributed by atoms with E-state index in [-0.39, 0.29) is 18.2 Å². The predicted octanol–water partition coefficient (Wildman–Crippen LogP) is 3.54. The van der Waals surface area contributed by atoms with Gasteiger partial charge in [0.1, 0.15) is 11.1 Å². The van der Waals surface area contributed by atoms with E-state index in [9.17, 15) is 4.79 Å². The van der Waals surface area contributed by atoms with Crippen LogP contribution >= 0.6 is 0 Å². The van der Waals surface area contributed by atoms with Crippen LogP contribution < -0.4 is 16.9 Å². The molecule has 7 nitrogen and oxygen atoms in total. The van der Waals surface area contributed by atoms with Crippen LogP contribution in [0.4, 0.5) is 0 Å². The van der Waals surface area contributed by atoms with E-state index in [1.165, 1.54) is 49.7 Å². The second kappa shape index (κ2) is 9.48. The number of hydrogen-bond donors (Lipinski definition) is 3. The summed E-state index contributed by atoms with van der Waals surface area (Å²) in [4.78, 5) is 12.1. The molecule has 2 saturated carbocycles. The van der Waals surface area contributed by atoms with Crippen molar-refractivity contribution in [3.8, 4) is 6.07 Å². The predicted molar refractivity (Wildman–Crippen MR) is 112 cm³/mol. The highest BCUT2D eigenvalue weighted by molar-refractivity contribution is 5.96. The molecule has 154 valence electrons. The quantitative estimate of drug-likeness (QED) is 0.526. The SMILES string of the molecule is C1CCCCC1.N#CC1(N(N)/C=C(\N)CNC(=O)c2cc3ccccc3o2)CC1. The first-order valence-electron chi connectivity index (χ1n) is 10.2. The number of rotatable bonds is 5. The highest BCUT2D eigenvalue weighted by Crippen LogP contribution is 2.39. The number of furan rings is 1. The van der Waals surface area contributed by atoms with Gasteiger partial charge >= 0.3 is 0 Å². The summed E-state index contributed by atoms with van der Waals surface area (Å²) >= 11 is 0. The Hall–Kier alpha value is -2.98. The summed E-state index contributed by atoms with van der Waals surface area (Å²) in [5.41, 5.74) is 6.21. The normalized spacial score (nSPS) is 17.6. The van der Waals surface area contributed by atoms with Crippen molar-refractivity contribution in [2.45, 2.75) is 56.9 Å². The van der Waals surface area contributed by atoms with Gasteiger partial charge in [0.25, 0.3) is 5.91 Å². The Morgan fingerprint density at radius 3 is 2.38 bits per heavy atom. The topological polar surface area (TPSA) is 121 Å². The number of nitrogens with two attached hydrogens (primary N) is 2. The fourth-order valence-electron chi connectivity index (χ4n) is 3.32. The fraction of sp³-hybridized carbons (Fsp3) is 0.455. The number of nitrogens with zero attached hydrogens (tertiary/aromatic N) is 2. The van der Waals surface area contributed by atoms with Crippen LogP contribution in [0.3, 0.4) is 0 Å². The maximum Gasteiger partial charge on any atom is 0.287 e. The Morgan fingerprint density at radius 2 is 1.83 bits per heavy atom. The van der Waals surface area contributed by atoms with Crippen LogP contribution in [0.1, 0.15) is 61.9 Å². The highest BCUT2D eigenvalue weighted by atomic mass is 16.3. The number of amides is 1. The lowest BCUT2D eigenvalue weighted by molar-refractivity contribution is 0.0931. The largest absolute Gasteiger partial charge is 0.451 e. The van der Waals surface area contributed by atoms with Gasteiger partial charge in [0.15, 0.2) is 5.76 Å². The highest BCUT2D eigenvalue weighted by Gasteiger charge is 2.47. The third kappa shape index (κ3) is 5.52. The molecule has 0 saturated heterocycles. The number of benzene rings is 1. The van der Waals surface area contributed by atoms with E-state index in [1.54, 1.807) is 12.1 Å². The number of para-hydroxylation sites is 1. The smallest absolute Gasteiger partial charge is 0.287 e. The molecule has 4 rings (SSSR count). The molecule has 2 fully saturated rings. The van der Waals surface area contributed by atoms with Gasteiger partial charge in [-0.3, -0.25) is 9.80 Å². The van der Waals surface area contributed by atoms with Gasteiger partial charge in [-0.25, -0.2) is 5.84 Å².